The number of esters is 1. The molecule has 0 aromatic heterocycles. The van der Waals surface area contributed by atoms with Crippen molar-refractivity contribution in [1.82, 2.24) is 4.72 Å². The van der Waals surface area contributed by atoms with Crippen LogP contribution in [-0.2, 0) is 24.3 Å². The highest BCUT2D eigenvalue weighted by atomic mass is 32.2. The molecule has 0 aromatic carbocycles. The van der Waals surface area contributed by atoms with Gasteiger partial charge in [-0.2, -0.15) is 17.9 Å². The lowest BCUT2D eigenvalue weighted by Crippen LogP contribution is -2.48. The van der Waals surface area contributed by atoms with E-state index >= 15 is 0 Å². The molecule has 0 radical (unpaired) electrons. The molecule has 0 saturated heterocycles. The number of carbonyl (C=O) groups is 2. The number of ether oxygens (including phenoxy) is 1. The molecule has 132 valence electrons. The molecule has 0 aliphatic rings. The first kappa shape index (κ1) is 22.9. The summed E-state index contributed by atoms with van der Waals surface area (Å²) in [5.74, 6) is -3.41. The van der Waals surface area contributed by atoms with Crippen molar-refractivity contribution in [3.8, 4) is 0 Å². The Balaban J connectivity index is 0. The Bertz CT molecular complexity index is 464. The van der Waals surface area contributed by atoms with Crippen LogP contribution in [0.3, 0.4) is 0 Å². The zero-order valence-corrected chi connectivity index (χ0v) is 13.0. The summed E-state index contributed by atoms with van der Waals surface area (Å²) in [6.07, 6.45) is -5.08. The van der Waals surface area contributed by atoms with Crippen molar-refractivity contribution in [2.24, 2.45) is 5.73 Å². The average Bonchev–Trinajstić information content (AvgIpc) is 2.35. The number of aliphatic carboxylic acids is 1. The van der Waals surface area contributed by atoms with Gasteiger partial charge in [0.2, 0.25) is 10.0 Å². The second-order valence-corrected chi connectivity index (χ2v) is 6.32. The van der Waals surface area contributed by atoms with Crippen LogP contribution in [0.2, 0.25) is 0 Å². The number of sulfonamides is 1. The number of carboxylic acids is 1. The van der Waals surface area contributed by atoms with Gasteiger partial charge in [0.25, 0.3) is 0 Å². The van der Waals surface area contributed by atoms with E-state index in [-0.39, 0.29) is 13.2 Å². The highest BCUT2D eigenvalue weighted by Crippen LogP contribution is 2.13. The molecular weight excluding hydrogens is 333 g/mol. The van der Waals surface area contributed by atoms with E-state index in [1.165, 1.54) is 13.8 Å². The van der Waals surface area contributed by atoms with E-state index in [4.69, 9.17) is 15.6 Å². The molecule has 0 aliphatic carbocycles. The third kappa shape index (κ3) is 9.52. The van der Waals surface area contributed by atoms with E-state index in [9.17, 15) is 26.4 Å². The number of rotatable bonds is 6. The lowest BCUT2D eigenvalue weighted by atomic mass is 10.3. The number of alkyl halides is 3. The molecule has 0 saturated carbocycles. The Kier molecular flexibility index (Phi) is 9.96. The maximum atomic E-state index is 11.4. The Morgan fingerprint density at radius 1 is 1.32 bits per heavy atom. The lowest BCUT2D eigenvalue weighted by Gasteiger charge is -2.16. The standard InChI is InChI=1S/C8H18N2O4S.C2HF3O2/c1-4-14-8(11)7(5-9)10-15(12,13)6(2)3;3-2(4,5)1(6)7/h6-7,10H,4-5,9H2,1-3H3;(H,6,7). The number of carboxylic acid groups (broad SMARTS) is 1. The largest absolute Gasteiger partial charge is 0.490 e. The van der Waals surface area contributed by atoms with E-state index in [1.54, 1.807) is 6.92 Å². The van der Waals surface area contributed by atoms with Crippen LogP contribution in [0.5, 0.6) is 0 Å². The third-order valence-corrected chi connectivity index (χ3v) is 3.83. The molecule has 0 fully saturated rings. The van der Waals surface area contributed by atoms with Gasteiger partial charge >= 0.3 is 18.1 Å². The summed E-state index contributed by atoms with van der Waals surface area (Å²) in [5.41, 5.74) is 5.28. The molecule has 12 heteroatoms. The van der Waals surface area contributed by atoms with E-state index in [1.807, 2.05) is 0 Å². The topological polar surface area (TPSA) is 136 Å². The van der Waals surface area contributed by atoms with Gasteiger partial charge in [0.15, 0.2) is 0 Å². The minimum atomic E-state index is -5.08. The summed E-state index contributed by atoms with van der Waals surface area (Å²) < 4.78 is 61.5. The predicted molar refractivity (Wildman–Crippen MR) is 70.4 cm³/mol. The van der Waals surface area contributed by atoms with Gasteiger partial charge in [0, 0.05) is 6.54 Å². The van der Waals surface area contributed by atoms with Crippen molar-refractivity contribution in [1.29, 1.82) is 0 Å². The van der Waals surface area contributed by atoms with Crippen molar-refractivity contribution < 1.29 is 41.0 Å². The second-order valence-electron chi connectivity index (χ2n) is 4.05. The number of halogens is 3. The number of hydrogen-bond acceptors (Lipinski definition) is 6. The van der Waals surface area contributed by atoms with Gasteiger partial charge in [0.1, 0.15) is 6.04 Å². The highest BCUT2D eigenvalue weighted by molar-refractivity contribution is 7.90. The summed E-state index contributed by atoms with van der Waals surface area (Å²) in [6.45, 7) is 4.74. The van der Waals surface area contributed by atoms with Crippen molar-refractivity contribution in [2.45, 2.75) is 38.2 Å². The van der Waals surface area contributed by atoms with Crippen molar-refractivity contribution in [3.63, 3.8) is 0 Å². The Morgan fingerprint density at radius 2 is 1.73 bits per heavy atom. The molecule has 0 heterocycles. The van der Waals surface area contributed by atoms with E-state index in [0.29, 0.717) is 0 Å². The molecule has 0 bridgehead atoms. The maximum absolute atomic E-state index is 11.4. The third-order valence-electron chi connectivity index (χ3n) is 1.98. The molecule has 1 unspecified atom stereocenters. The summed E-state index contributed by atoms with van der Waals surface area (Å²) in [4.78, 5) is 20.1. The molecule has 1 atom stereocenters. The zero-order valence-electron chi connectivity index (χ0n) is 12.2. The molecule has 0 spiro atoms. The SMILES string of the molecule is CCOC(=O)C(CN)NS(=O)(=O)C(C)C.O=C(O)C(F)(F)F. The van der Waals surface area contributed by atoms with Crippen LogP contribution in [0.25, 0.3) is 0 Å². The molecule has 22 heavy (non-hydrogen) atoms. The molecule has 0 aromatic rings. The van der Waals surface area contributed by atoms with Gasteiger partial charge < -0.3 is 15.6 Å². The van der Waals surface area contributed by atoms with Gasteiger partial charge in [0.05, 0.1) is 11.9 Å². The van der Waals surface area contributed by atoms with E-state index < -0.39 is 39.4 Å². The predicted octanol–water partition coefficient (Wildman–Crippen LogP) is -0.162. The van der Waals surface area contributed by atoms with Gasteiger partial charge in [-0.3, -0.25) is 4.79 Å². The first-order valence-corrected chi connectivity index (χ1v) is 7.52. The van der Waals surface area contributed by atoms with Crippen LogP contribution in [0.4, 0.5) is 13.2 Å². The van der Waals surface area contributed by atoms with Crippen molar-refractivity contribution >= 4 is 22.0 Å². The second kappa shape index (κ2) is 9.58. The van der Waals surface area contributed by atoms with Crippen molar-refractivity contribution in [3.05, 3.63) is 0 Å². The first-order valence-electron chi connectivity index (χ1n) is 5.97. The Hall–Kier alpha value is -1.40. The van der Waals surface area contributed by atoms with Gasteiger partial charge in [-0.15, -0.1) is 0 Å². The maximum Gasteiger partial charge on any atom is 0.490 e. The van der Waals surface area contributed by atoms with Crippen LogP contribution in [0, 0.1) is 0 Å². The molecule has 0 aliphatic heterocycles. The van der Waals surface area contributed by atoms with Gasteiger partial charge in [-0.25, -0.2) is 13.2 Å². The molecular formula is C10H19F3N2O6S. The smallest absolute Gasteiger partial charge is 0.475 e. The van der Waals surface area contributed by atoms with Crippen LogP contribution in [-0.4, -0.2) is 56.1 Å². The number of nitrogens with one attached hydrogen (secondary N) is 1. The summed E-state index contributed by atoms with van der Waals surface area (Å²) in [7, 11) is -3.50. The number of carbonyl (C=O) groups excluding carboxylic acids is 1. The summed E-state index contributed by atoms with van der Waals surface area (Å²) in [5, 5.41) is 6.51. The van der Waals surface area contributed by atoms with Gasteiger partial charge in [-0.1, -0.05) is 0 Å². The fraction of sp³-hybridized carbons (Fsp3) is 0.800. The normalized spacial score (nSPS) is 13.1. The monoisotopic (exact) mass is 352 g/mol. The average molecular weight is 352 g/mol. The fourth-order valence-corrected chi connectivity index (χ4v) is 1.63. The molecule has 4 N–H and O–H groups in total. The molecule has 8 nitrogen and oxygen atoms in total. The zero-order chi connectivity index (χ0) is 18.1. The first-order chi connectivity index (χ1) is 9.79. The van der Waals surface area contributed by atoms with Crippen LogP contribution >= 0.6 is 0 Å². The molecule has 0 amide bonds. The van der Waals surface area contributed by atoms with E-state index in [0.717, 1.165) is 0 Å². The Labute approximate surface area is 125 Å². The van der Waals surface area contributed by atoms with Crippen LogP contribution in [0.1, 0.15) is 20.8 Å². The quantitative estimate of drug-likeness (QED) is 0.565. The lowest BCUT2D eigenvalue weighted by molar-refractivity contribution is -0.192. The molecule has 0 rings (SSSR count). The fourth-order valence-electron chi connectivity index (χ4n) is 0.770. The number of hydrogen-bond donors (Lipinski definition) is 3. The van der Waals surface area contributed by atoms with Gasteiger partial charge in [-0.05, 0) is 20.8 Å². The van der Waals surface area contributed by atoms with Crippen LogP contribution < -0.4 is 10.5 Å². The minimum Gasteiger partial charge on any atom is -0.475 e. The van der Waals surface area contributed by atoms with E-state index in [2.05, 4.69) is 9.46 Å². The minimum absolute atomic E-state index is 0.120. The summed E-state index contributed by atoms with van der Waals surface area (Å²) in [6, 6.07) is -1.00. The number of nitrogens with two attached hydrogens (primary N) is 1. The summed E-state index contributed by atoms with van der Waals surface area (Å²) >= 11 is 0. The van der Waals surface area contributed by atoms with Crippen molar-refractivity contribution in [2.75, 3.05) is 13.2 Å². The van der Waals surface area contributed by atoms with Crippen LogP contribution in [0.15, 0.2) is 0 Å². The Morgan fingerprint density at radius 3 is 1.95 bits per heavy atom. The highest BCUT2D eigenvalue weighted by Gasteiger charge is 2.38.